The topological polar surface area (TPSA) is 28.0 Å². The third kappa shape index (κ3) is 5.68. The summed E-state index contributed by atoms with van der Waals surface area (Å²) >= 11 is 0. The molecule has 0 aliphatic heterocycles. The zero-order valence-corrected chi connectivity index (χ0v) is 19.6. The summed E-state index contributed by atoms with van der Waals surface area (Å²) in [5.74, 6) is 0.994. The third-order valence-corrected chi connectivity index (χ3v) is 6.62. The molecule has 2 atom stereocenters. The number of rotatable bonds is 9. The molecule has 0 amide bonds. The van der Waals surface area contributed by atoms with Crippen molar-refractivity contribution in [2.75, 3.05) is 13.7 Å². The zero-order chi connectivity index (χ0) is 22.5. The van der Waals surface area contributed by atoms with E-state index in [9.17, 15) is 4.39 Å². The second-order valence-corrected chi connectivity index (χ2v) is 8.95. The number of amidine groups is 1. The number of allylic oxidation sites excluding steroid dienone is 7. The lowest BCUT2D eigenvalue weighted by atomic mass is 9.80. The van der Waals surface area contributed by atoms with E-state index in [0.29, 0.717) is 12.3 Å². The van der Waals surface area contributed by atoms with Crippen LogP contribution in [0.2, 0.25) is 0 Å². The Hall–Kier alpha value is -2.23. The summed E-state index contributed by atoms with van der Waals surface area (Å²) < 4.78 is 13.0. The molecule has 0 aromatic heterocycles. The van der Waals surface area contributed by atoms with Crippen molar-refractivity contribution in [2.45, 2.75) is 65.8 Å². The molecule has 3 nitrogen and oxygen atoms in total. The molecule has 0 N–H and O–H groups in total. The smallest absolute Gasteiger partial charge is 0.125 e. The fourth-order valence-electron chi connectivity index (χ4n) is 3.84. The average Bonchev–Trinajstić information content (AvgIpc) is 3.49. The minimum atomic E-state index is -0.283. The Labute approximate surface area is 182 Å². The third-order valence-electron chi connectivity index (χ3n) is 6.62. The number of hydrogen-bond donors (Lipinski definition) is 0. The average molecular weight is 412 g/mol. The van der Waals surface area contributed by atoms with Gasteiger partial charge < -0.3 is 4.90 Å². The standard InChI is InChI=1S/C26H38FN3/c1-9-18(2)25(29-21(5)28-7)24(17-30(8)26(6)13-14-26)20(4)23-16-22(12-15-27)11-10-19(23)3/h9-10,16-17,20,22H,1,7,11-15H2,2-6,8H3/b24-17-,25-18+,29-21?. The molecule has 0 aromatic carbocycles. The number of aliphatic imine (C=N–C) groups is 2. The Bertz CT molecular complexity index is 821. The van der Waals surface area contributed by atoms with Crippen LogP contribution in [0.15, 0.2) is 69.0 Å². The van der Waals surface area contributed by atoms with Crippen LogP contribution < -0.4 is 0 Å². The molecule has 2 aliphatic carbocycles. The zero-order valence-electron chi connectivity index (χ0n) is 19.6. The van der Waals surface area contributed by atoms with Crippen LogP contribution >= 0.6 is 0 Å². The van der Waals surface area contributed by atoms with Crippen molar-refractivity contribution in [1.82, 2.24) is 4.90 Å². The van der Waals surface area contributed by atoms with E-state index in [1.807, 2.05) is 19.9 Å². The van der Waals surface area contributed by atoms with Gasteiger partial charge in [-0.1, -0.05) is 37.3 Å². The molecular formula is C26H38FN3. The van der Waals surface area contributed by atoms with Gasteiger partial charge in [0.05, 0.1) is 12.4 Å². The van der Waals surface area contributed by atoms with Crippen molar-refractivity contribution in [1.29, 1.82) is 0 Å². The maximum Gasteiger partial charge on any atom is 0.125 e. The predicted octanol–water partition coefficient (Wildman–Crippen LogP) is 6.82. The largest absolute Gasteiger partial charge is 0.375 e. The molecule has 0 aromatic rings. The van der Waals surface area contributed by atoms with Gasteiger partial charge in [-0.05, 0) is 77.2 Å². The van der Waals surface area contributed by atoms with E-state index in [0.717, 1.165) is 23.3 Å². The second-order valence-electron chi connectivity index (χ2n) is 8.95. The van der Waals surface area contributed by atoms with Crippen LogP contribution in [0.25, 0.3) is 0 Å². The lowest BCUT2D eigenvalue weighted by Crippen LogP contribution is -2.27. The highest BCUT2D eigenvalue weighted by molar-refractivity contribution is 5.85. The lowest BCUT2D eigenvalue weighted by molar-refractivity contribution is 0.327. The number of halogens is 1. The summed E-state index contributed by atoms with van der Waals surface area (Å²) in [6.07, 6.45) is 12.5. The molecule has 0 spiro atoms. The Balaban J connectivity index is 2.60. The maximum atomic E-state index is 13.0. The summed E-state index contributed by atoms with van der Waals surface area (Å²) in [6.45, 7) is 17.9. The number of alkyl halides is 1. The van der Waals surface area contributed by atoms with E-state index in [-0.39, 0.29) is 24.0 Å². The van der Waals surface area contributed by atoms with Crippen molar-refractivity contribution in [3.05, 3.63) is 59.0 Å². The van der Waals surface area contributed by atoms with E-state index in [2.05, 4.69) is 69.4 Å². The van der Waals surface area contributed by atoms with Gasteiger partial charge in [0, 0.05) is 30.3 Å². The molecule has 2 aliphatic rings. The van der Waals surface area contributed by atoms with Crippen molar-refractivity contribution in [3.8, 4) is 0 Å². The lowest BCUT2D eigenvalue weighted by Gasteiger charge is -2.30. The number of hydrogen-bond acceptors (Lipinski definition) is 2. The van der Waals surface area contributed by atoms with Crippen LogP contribution in [-0.4, -0.2) is 36.7 Å². The first-order valence-corrected chi connectivity index (χ1v) is 10.9. The molecule has 4 heteroatoms. The summed E-state index contributed by atoms with van der Waals surface area (Å²) in [5.41, 5.74) is 5.75. The molecule has 0 heterocycles. The molecule has 0 saturated heterocycles. The minimum absolute atomic E-state index is 0.111. The summed E-state index contributed by atoms with van der Waals surface area (Å²) in [7, 11) is 2.15. The minimum Gasteiger partial charge on any atom is -0.375 e. The molecule has 0 radical (unpaired) electrons. The summed E-state index contributed by atoms with van der Waals surface area (Å²) in [5, 5.41) is 0. The number of nitrogens with zero attached hydrogens (tertiary/aromatic N) is 3. The van der Waals surface area contributed by atoms with E-state index in [1.54, 1.807) is 0 Å². The van der Waals surface area contributed by atoms with Gasteiger partial charge in [0.2, 0.25) is 0 Å². The Kier molecular flexibility index (Phi) is 8.17. The second kappa shape index (κ2) is 10.2. The van der Waals surface area contributed by atoms with Crippen LogP contribution in [0.4, 0.5) is 4.39 Å². The van der Waals surface area contributed by atoms with Crippen molar-refractivity contribution in [3.63, 3.8) is 0 Å². The molecule has 2 rings (SSSR count). The molecule has 0 bridgehead atoms. The van der Waals surface area contributed by atoms with Crippen molar-refractivity contribution >= 4 is 12.6 Å². The van der Waals surface area contributed by atoms with Gasteiger partial charge in [0.15, 0.2) is 0 Å². The quantitative estimate of drug-likeness (QED) is 0.232. The first-order chi connectivity index (χ1) is 14.2. The van der Waals surface area contributed by atoms with E-state index in [1.165, 1.54) is 24.0 Å². The van der Waals surface area contributed by atoms with Gasteiger partial charge in [-0.25, -0.2) is 9.98 Å². The van der Waals surface area contributed by atoms with Crippen LogP contribution in [0.3, 0.4) is 0 Å². The monoisotopic (exact) mass is 411 g/mol. The van der Waals surface area contributed by atoms with Crippen LogP contribution in [-0.2, 0) is 0 Å². The van der Waals surface area contributed by atoms with Crippen LogP contribution in [0, 0.1) is 11.8 Å². The Morgan fingerprint density at radius 1 is 1.40 bits per heavy atom. The van der Waals surface area contributed by atoms with Gasteiger partial charge in [-0.15, -0.1) is 0 Å². The summed E-state index contributed by atoms with van der Waals surface area (Å²) in [6, 6.07) is 0. The van der Waals surface area contributed by atoms with Gasteiger partial charge >= 0.3 is 0 Å². The first kappa shape index (κ1) is 24.0. The molecule has 2 unspecified atom stereocenters. The first-order valence-electron chi connectivity index (χ1n) is 10.9. The predicted molar refractivity (Wildman–Crippen MR) is 129 cm³/mol. The molecule has 164 valence electrons. The van der Waals surface area contributed by atoms with E-state index in [4.69, 9.17) is 4.99 Å². The Morgan fingerprint density at radius 3 is 2.60 bits per heavy atom. The molecule has 1 fully saturated rings. The van der Waals surface area contributed by atoms with Gasteiger partial charge in [0.1, 0.15) is 5.84 Å². The highest BCUT2D eigenvalue weighted by Crippen LogP contribution is 2.43. The molecular weight excluding hydrogens is 373 g/mol. The van der Waals surface area contributed by atoms with E-state index < -0.39 is 0 Å². The van der Waals surface area contributed by atoms with Gasteiger partial charge in [0.25, 0.3) is 0 Å². The summed E-state index contributed by atoms with van der Waals surface area (Å²) in [4.78, 5) is 11.1. The fraction of sp³-hybridized carbons (Fsp3) is 0.538. The maximum absolute atomic E-state index is 13.0. The highest BCUT2D eigenvalue weighted by atomic mass is 19.1. The van der Waals surface area contributed by atoms with E-state index >= 15 is 0 Å². The molecule has 1 saturated carbocycles. The normalized spacial score (nSPS) is 23.1. The van der Waals surface area contributed by atoms with Crippen molar-refractivity contribution < 1.29 is 4.39 Å². The van der Waals surface area contributed by atoms with Gasteiger partial charge in [-0.3, -0.25) is 4.39 Å². The highest BCUT2D eigenvalue weighted by Gasteiger charge is 2.40. The SMILES string of the molecule is C=C/C(C)=C(N=C(C)N=C)\C(=C/N(C)C1(C)CC1)C(C)C1=CC(CCF)CC=C1C. The van der Waals surface area contributed by atoms with Gasteiger partial charge in [-0.2, -0.15) is 0 Å². The molecule has 30 heavy (non-hydrogen) atoms. The Morgan fingerprint density at radius 2 is 2.07 bits per heavy atom. The van der Waals surface area contributed by atoms with Crippen LogP contribution in [0.1, 0.15) is 60.3 Å². The van der Waals surface area contributed by atoms with Crippen LogP contribution in [0.5, 0.6) is 0 Å². The fourth-order valence-corrected chi connectivity index (χ4v) is 3.84. The van der Waals surface area contributed by atoms with Crippen molar-refractivity contribution in [2.24, 2.45) is 21.8 Å².